The first-order valence-electron chi connectivity index (χ1n) is 2.92. The highest BCUT2D eigenvalue weighted by Crippen LogP contribution is 1.73. The van der Waals surface area contributed by atoms with Gasteiger partial charge in [0.1, 0.15) is 0 Å². The number of hydroxylamine groups is 1. The zero-order chi connectivity index (χ0) is 7.11. The molecule has 0 atom stereocenters. The van der Waals surface area contributed by atoms with Gasteiger partial charge in [-0.25, -0.2) is 5.48 Å². The number of hydrogen-bond acceptors (Lipinski definition) is 3. The van der Waals surface area contributed by atoms with Crippen LogP contribution < -0.4 is 11.2 Å². The Morgan fingerprint density at radius 2 is 2.44 bits per heavy atom. The minimum Gasteiger partial charge on any atom is -0.322 e. The summed E-state index contributed by atoms with van der Waals surface area (Å²) in [5.41, 5.74) is 7.13. The molecule has 0 aromatic rings. The molecule has 4 heteroatoms. The van der Waals surface area contributed by atoms with Crippen LogP contribution in [-0.4, -0.2) is 19.1 Å². The van der Waals surface area contributed by atoms with Crippen molar-refractivity contribution < 1.29 is 9.63 Å². The van der Waals surface area contributed by atoms with Crippen molar-refractivity contribution >= 4 is 5.91 Å². The molecule has 0 aliphatic heterocycles. The summed E-state index contributed by atoms with van der Waals surface area (Å²) in [4.78, 5) is 15.0. The molecule has 0 bridgehead atoms. The zero-order valence-corrected chi connectivity index (χ0v) is 5.52. The molecule has 0 aromatic heterocycles. The standard InChI is InChI=1S/C5H12N2O2/c1-2-3-9-7-5(8)4-6/h2-4,6H2,1H3,(H,7,8). The second kappa shape index (κ2) is 5.53. The molecular formula is C5H12N2O2. The van der Waals surface area contributed by atoms with Crippen molar-refractivity contribution in [2.75, 3.05) is 13.2 Å². The molecule has 0 fully saturated rings. The van der Waals surface area contributed by atoms with Gasteiger partial charge in [-0.05, 0) is 6.42 Å². The highest BCUT2D eigenvalue weighted by Gasteiger charge is 1.92. The summed E-state index contributed by atoms with van der Waals surface area (Å²) in [5.74, 6) is -0.288. The van der Waals surface area contributed by atoms with Gasteiger partial charge in [-0.1, -0.05) is 6.92 Å². The molecule has 0 aliphatic carbocycles. The Labute approximate surface area is 54.3 Å². The van der Waals surface area contributed by atoms with Gasteiger partial charge in [0.2, 0.25) is 0 Å². The van der Waals surface area contributed by atoms with Gasteiger partial charge in [-0.3, -0.25) is 9.63 Å². The molecule has 3 N–H and O–H groups in total. The Bertz CT molecular complexity index is 85.0. The number of rotatable bonds is 4. The topological polar surface area (TPSA) is 64.3 Å². The van der Waals surface area contributed by atoms with Crippen LogP contribution in [0.15, 0.2) is 0 Å². The fourth-order valence-electron chi connectivity index (χ4n) is 0.275. The van der Waals surface area contributed by atoms with E-state index in [4.69, 9.17) is 5.73 Å². The molecule has 0 saturated heterocycles. The average molecular weight is 132 g/mol. The van der Waals surface area contributed by atoms with E-state index >= 15 is 0 Å². The first-order chi connectivity index (χ1) is 4.31. The summed E-state index contributed by atoms with van der Waals surface area (Å²) in [6.07, 6.45) is 0.880. The van der Waals surface area contributed by atoms with E-state index in [1.54, 1.807) is 0 Å². The summed E-state index contributed by atoms with van der Waals surface area (Å²) in [5, 5.41) is 0. The van der Waals surface area contributed by atoms with Crippen LogP contribution in [0.5, 0.6) is 0 Å². The van der Waals surface area contributed by atoms with Gasteiger partial charge < -0.3 is 5.73 Å². The summed E-state index contributed by atoms with van der Waals surface area (Å²) < 4.78 is 0. The minimum atomic E-state index is -0.288. The third kappa shape index (κ3) is 5.26. The lowest BCUT2D eigenvalue weighted by Crippen LogP contribution is -2.30. The Hall–Kier alpha value is -0.610. The molecule has 0 radical (unpaired) electrons. The van der Waals surface area contributed by atoms with Crippen LogP contribution >= 0.6 is 0 Å². The fraction of sp³-hybridized carbons (Fsp3) is 0.800. The summed E-state index contributed by atoms with van der Waals surface area (Å²) >= 11 is 0. The summed E-state index contributed by atoms with van der Waals surface area (Å²) in [6, 6.07) is 0. The Kier molecular flexibility index (Phi) is 5.15. The van der Waals surface area contributed by atoms with E-state index in [2.05, 4.69) is 10.3 Å². The molecule has 0 heterocycles. The SMILES string of the molecule is CCCONC(=O)CN. The van der Waals surface area contributed by atoms with Gasteiger partial charge in [-0.2, -0.15) is 0 Å². The Morgan fingerprint density at radius 3 is 2.89 bits per heavy atom. The molecule has 0 aliphatic rings. The third-order valence-electron chi connectivity index (χ3n) is 0.678. The van der Waals surface area contributed by atoms with Crippen LogP contribution in [0.3, 0.4) is 0 Å². The molecule has 54 valence electrons. The largest absolute Gasteiger partial charge is 0.322 e. The van der Waals surface area contributed by atoms with E-state index in [9.17, 15) is 4.79 Å². The third-order valence-corrected chi connectivity index (χ3v) is 0.678. The van der Waals surface area contributed by atoms with Crippen molar-refractivity contribution in [3.8, 4) is 0 Å². The normalized spacial score (nSPS) is 9.11. The molecule has 0 unspecified atom stereocenters. The lowest BCUT2D eigenvalue weighted by molar-refractivity contribution is -0.132. The molecule has 0 spiro atoms. The predicted octanol–water partition coefficient (Wildman–Crippen LogP) is -0.597. The number of hydrogen-bond donors (Lipinski definition) is 2. The van der Waals surface area contributed by atoms with Gasteiger partial charge in [0.15, 0.2) is 0 Å². The molecule has 1 amide bonds. The number of nitrogens with one attached hydrogen (secondary N) is 1. The summed E-state index contributed by atoms with van der Waals surface area (Å²) in [7, 11) is 0. The quantitative estimate of drug-likeness (QED) is 0.396. The van der Waals surface area contributed by atoms with Crippen LogP contribution in [0.25, 0.3) is 0 Å². The van der Waals surface area contributed by atoms with Crippen molar-refractivity contribution in [2.24, 2.45) is 5.73 Å². The smallest absolute Gasteiger partial charge is 0.257 e. The second-order valence-corrected chi connectivity index (χ2v) is 1.58. The first-order valence-corrected chi connectivity index (χ1v) is 2.92. The number of carbonyl (C=O) groups is 1. The monoisotopic (exact) mass is 132 g/mol. The van der Waals surface area contributed by atoms with Gasteiger partial charge >= 0.3 is 0 Å². The Morgan fingerprint density at radius 1 is 1.78 bits per heavy atom. The molecule has 0 aromatic carbocycles. The van der Waals surface area contributed by atoms with E-state index in [0.717, 1.165) is 6.42 Å². The van der Waals surface area contributed by atoms with E-state index < -0.39 is 0 Å². The van der Waals surface area contributed by atoms with Crippen molar-refractivity contribution in [3.63, 3.8) is 0 Å². The summed E-state index contributed by atoms with van der Waals surface area (Å²) in [6.45, 7) is 2.46. The van der Waals surface area contributed by atoms with Crippen molar-refractivity contribution in [3.05, 3.63) is 0 Å². The second-order valence-electron chi connectivity index (χ2n) is 1.58. The molecule has 9 heavy (non-hydrogen) atoms. The maximum absolute atomic E-state index is 10.3. The van der Waals surface area contributed by atoms with Crippen LogP contribution in [-0.2, 0) is 9.63 Å². The average Bonchev–Trinajstić information content (AvgIpc) is 1.89. The van der Waals surface area contributed by atoms with E-state index in [1.165, 1.54) is 0 Å². The predicted molar refractivity (Wildman–Crippen MR) is 33.4 cm³/mol. The molecular weight excluding hydrogens is 120 g/mol. The maximum atomic E-state index is 10.3. The lowest BCUT2D eigenvalue weighted by Gasteiger charge is -2.00. The van der Waals surface area contributed by atoms with Gasteiger partial charge in [0.25, 0.3) is 5.91 Å². The number of carbonyl (C=O) groups excluding carboxylic acids is 1. The lowest BCUT2D eigenvalue weighted by atomic mass is 10.5. The zero-order valence-electron chi connectivity index (χ0n) is 5.52. The van der Waals surface area contributed by atoms with Crippen LogP contribution in [0.4, 0.5) is 0 Å². The van der Waals surface area contributed by atoms with Crippen molar-refractivity contribution in [1.82, 2.24) is 5.48 Å². The van der Waals surface area contributed by atoms with Gasteiger partial charge in [0.05, 0.1) is 13.2 Å². The van der Waals surface area contributed by atoms with Gasteiger partial charge in [-0.15, -0.1) is 0 Å². The molecule has 0 rings (SSSR count). The van der Waals surface area contributed by atoms with Crippen molar-refractivity contribution in [2.45, 2.75) is 13.3 Å². The highest BCUT2D eigenvalue weighted by atomic mass is 16.6. The molecule has 0 saturated carbocycles. The van der Waals surface area contributed by atoms with Gasteiger partial charge in [0, 0.05) is 0 Å². The molecule has 4 nitrogen and oxygen atoms in total. The van der Waals surface area contributed by atoms with Crippen LogP contribution in [0, 0.1) is 0 Å². The first kappa shape index (κ1) is 8.39. The highest BCUT2D eigenvalue weighted by molar-refractivity contribution is 5.76. The maximum Gasteiger partial charge on any atom is 0.257 e. The number of nitrogens with two attached hydrogens (primary N) is 1. The minimum absolute atomic E-state index is 0.0241. The van der Waals surface area contributed by atoms with E-state index in [0.29, 0.717) is 6.61 Å². The number of amides is 1. The van der Waals surface area contributed by atoms with E-state index in [1.807, 2.05) is 6.92 Å². The fourth-order valence-corrected chi connectivity index (χ4v) is 0.275. The Balaban J connectivity index is 2.97. The van der Waals surface area contributed by atoms with E-state index in [-0.39, 0.29) is 12.5 Å². The van der Waals surface area contributed by atoms with Crippen LogP contribution in [0.2, 0.25) is 0 Å². The van der Waals surface area contributed by atoms with Crippen LogP contribution in [0.1, 0.15) is 13.3 Å². The van der Waals surface area contributed by atoms with Crippen molar-refractivity contribution in [1.29, 1.82) is 0 Å².